The smallest absolute Gasteiger partial charge is 0.290 e. The number of halogens is 1. The highest BCUT2D eigenvalue weighted by atomic mass is 19.1. The van der Waals surface area contributed by atoms with Crippen molar-refractivity contribution in [1.82, 2.24) is 19.9 Å². The molecule has 3 saturated heterocycles. The lowest BCUT2D eigenvalue weighted by Crippen LogP contribution is -2.63. The normalized spacial score (nSPS) is 29.5. The highest BCUT2D eigenvalue weighted by molar-refractivity contribution is 5.88. The molecular weight excluding hydrogens is 385 g/mol. The van der Waals surface area contributed by atoms with Crippen molar-refractivity contribution < 1.29 is 13.7 Å². The van der Waals surface area contributed by atoms with Crippen LogP contribution in [0.1, 0.15) is 47.8 Å². The van der Waals surface area contributed by atoms with Crippen LogP contribution in [-0.4, -0.2) is 57.6 Å². The Morgan fingerprint density at radius 1 is 1.27 bits per heavy atom. The van der Waals surface area contributed by atoms with E-state index in [2.05, 4.69) is 19.9 Å². The first kappa shape index (κ1) is 19.6. The zero-order valence-electron chi connectivity index (χ0n) is 17.0. The number of carbonyl (C=O) groups excluding carboxylic acids is 1. The number of piperidine rings is 3. The molecule has 3 aliphatic rings. The molecule has 8 heteroatoms. The topological polar surface area (TPSA) is 88.5 Å². The maximum Gasteiger partial charge on any atom is 0.290 e. The second-order valence-electron chi connectivity index (χ2n) is 9.03. The van der Waals surface area contributed by atoms with Gasteiger partial charge in [0, 0.05) is 25.2 Å². The Morgan fingerprint density at radius 2 is 2.13 bits per heavy atom. The summed E-state index contributed by atoms with van der Waals surface area (Å²) in [5, 5.41) is 3.67. The molecule has 3 aliphatic heterocycles. The Labute approximate surface area is 175 Å². The van der Waals surface area contributed by atoms with Crippen molar-refractivity contribution in [2.24, 2.45) is 17.6 Å². The average Bonchev–Trinajstić information content (AvgIpc) is 3.20. The molecule has 3 fully saturated rings. The molecule has 4 heterocycles. The van der Waals surface area contributed by atoms with E-state index in [-0.39, 0.29) is 11.6 Å². The molecule has 7 nitrogen and oxygen atoms in total. The van der Waals surface area contributed by atoms with E-state index >= 15 is 0 Å². The largest absolute Gasteiger partial charge is 0.363 e. The van der Waals surface area contributed by atoms with Gasteiger partial charge in [0.05, 0.1) is 6.54 Å². The van der Waals surface area contributed by atoms with Gasteiger partial charge in [0.1, 0.15) is 5.82 Å². The van der Waals surface area contributed by atoms with Crippen molar-refractivity contribution in [2.75, 3.05) is 19.6 Å². The molecule has 2 aromatic rings. The van der Waals surface area contributed by atoms with Crippen molar-refractivity contribution in [3.63, 3.8) is 0 Å². The van der Waals surface area contributed by atoms with E-state index < -0.39 is 5.91 Å². The summed E-state index contributed by atoms with van der Waals surface area (Å²) < 4.78 is 19.0. The fourth-order valence-electron chi connectivity index (χ4n) is 5.93. The Morgan fingerprint density at radius 3 is 2.93 bits per heavy atom. The summed E-state index contributed by atoms with van der Waals surface area (Å²) in [6.45, 7) is 3.61. The lowest BCUT2D eigenvalue weighted by Gasteiger charge is -2.57. The van der Waals surface area contributed by atoms with Crippen molar-refractivity contribution >= 4 is 5.91 Å². The maximum atomic E-state index is 13.8. The molecule has 0 saturated carbocycles. The molecular formula is C22H28FN5O2. The number of hydrogen-bond acceptors (Lipinski definition) is 6. The summed E-state index contributed by atoms with van der Waals surface area (Å²) in [4.78, 5) is 20.5. The van der Waals surface area contributed by atoms with Gasteiger partial charge in [-0.05, 0) is 61.8 Å². The van der Waals surface area contributed by atoms with Crippen LogP contribution < -0.4 is 5.73 Å². The van der Waals surface area contributed by atoms with Crippen LogP contribution in [0.3, 0.4) is 0 Å². The number of fused-ring (bicyclic) bond motifs is 4. The quantitative estimate of drug-likeness (QED) is 0.809. The number of rotatable bonds is 5. The van der Waals surface area contributed by atoms with Gasteiger partial charge in [-0.1, -0.05) is 23.7 Å². The second kappa shape index (κ2) is 8.07. The first-order valence-electron chi connectivity index (χ1n) is 10.9. The third-order valence-corrected chi connectivity index (χ3v) is 7.08. The Bertz CT molecular complexity index is 918. The Hall–Kier alpha value is -2.32. The number of nitrogens with two attached hydrogens (primary N) is 1. The van der Waals surface area contributed by atoms with E-state index in [0.29, 0.717) is 36.4 Å². The zero-order valence-corrected chi connectivity index (χ0v) is 17.0. The van der Waals surface area contributed by atoms with Crippen LogP contribution >= 0.6 is 0 Å². The molecule has 1 amide bonds. The van der Waals surface area contributed by atoms with Crippen LogP contribution in [-0.2, 0) is 13.0 Å². The van der Waals surface area contributed by atoms with Crippen LogP contribution in [0, 0.1) is 17.7 Å². The fourth-order valence-corrected chi connectivity index (χ4v) is 5.93. The van der Waals surface area contributed by atoms with Crippen LogP contribution in [0.25, 0.3) is 0 Å². The zero-order chi connectivity index (χ0) is 20.7. The van der Waals surface area contributed by atoms with Crippen LogP contribution in [0.15, 0.2) is 28.8 Å². The van der Waals surface area contributed by atoms with E-state index in [0.717, 1.165) is 31.6 Å². The first-order chi connectivity index (χ1) is 14.6. The maximum absolute atomic E-state index is 13.8. The second-order valence-corrected chi connectivity index (χ2v) is 9.03. The Balaban J connectivity index is 1.36. The van der Waals surface area contributed by atoms with Crippen molar-refractivity contribution in [3.05, 3.63) is 47.4 Å². The van der Waals surface area contributed by atoms with Crippen molar-refractivity contribution in [1.29, 1.82) is 0 Å². The summed E-state index contributed by atoms with van der Waals surface area (Å²) in [7, 11) is 0. The molecule has 1 aromatic carbocycles. The fraction of sp³-hybridized carbons (Fsp3) is 0.591. The summed E-state index contributed by atoms with van der Waals surface area (Å²) in [6, 6.07) is 8.04. The van der Waals surface area contributed by atoms with Gasteiger partial charge in [0.15, 0.2) is 0 Å². The minimum absolute atomic E-state index is 0.0651. The number of amides is 1. The average molecular weight is 413 g/mol. The predicted molar refractivity (Wildman–Crippen MR) is 108 cm³/mol. The number of aromatic nitrogens is 2. The molecule has 1 aromatic heterocycles. The summed E-state index contributed by atoms with van der Waals surface area (Å²) >= 11 is 0. The minimum Gasteiger partial charge on any atom is -0.363 e. The number of primary amides is 1. The summed E-state index contributed by atoms with van der Waals surface area (Å²) in [5.41, 5.74) is 6.31. The molecule has 30 heavy (non-hydrogen) atoms. The van der Waals surface area contributed by atoms with Gasteiger partial charge in [-0.3, -0.25) is 14.6 Å². The number of likely N-dealkylation sites (tertiary alicyclic amines) is 1. The predicted octanol–water partition coefficient (Wildman–Crippen LogP) is 2.23. The molecule has 0 aliphatic carbocycles. The molecule has 0 spiro atoms. The lowest BCUT2D eigenvalue weighted by molar-refractivity contribution is -0.0744. The van der Waals surface area contributed by atoms with Gasteiger partial charge < -0.3 is 10.3 Å². The summed E-state index contributed by atoms with van der Waals surface area (Å²) in [6.07, 6.45) is 5.86. The van der Waals surface area contributed by atoms with Crippen molar-refractivity contribution in [3.8, 4) is 0 Å². The number of hydrogen-bond donors (Lipinski definition) is 1. The van der Waals surface area contributed by atoms with Crippen LogP contribution in [0.4, 0.5) is 4.39 Å². The standard InChI is InChI=1S/C22H28FN5O2/c23-17-5-3-4-14(8-17)9-19-16-10-15(18-6-1-2-7-28(18)19)11-27(12-16)13-20-25-22(21(24)29)26-30-20/h3-5,8,15-16,18-19H,1-2,6-7,9-13H2,(H2,24,29)/t15-,16+,18+,19+/m1/s1. The van der Waals surface area contributed by atoms with Gasteiger partial charge in [-0.15, -0.1) is 0 Å². The highest BCUT2D eigenvalue weighted by Gasteiger charge is 2.47. The third kappa shape index (κ3) is 3.86. The van der Waals surface area contributed by atoms with Gasteiger partial charge in [-0.2, -0.15) is 4.98 Å². The number of nitrogens with zero attached hydrogens (tertiary/aromatic N) is 4. The number of benzene rings is 1. The van der Waals surface area contributed by atoms with Crippen LogP contribution in [0.5, 0.6) is 0 Å². The van der Waals surface area contributed by atoms with Crippen molar-refractivity contribution in [2.45, 2.75) is 50.7 Å². The van der Waals surface area contributed by atoms with E-state index in [1.165, 1.54) is 31.7 Å². The van der Waals surface area contributed by atoms with Gasteiger partial charge in [0.2, 0.25) is 5.89 Å². The first-order valence-corrected chi connectivity index (χ1v) is 10.9. The van der Waals surface area contributed by atoms with E-state index in [1.807, 2.05) is 12.1 Å². The summed E-state index contributed by atoms with van der Waals surface area (Å²) in [5.74, 6) is 0.665. The van der Waals surface area contributed by atoms with Crippen LogP contribution in [0.2, 0.25) is 0 Å². The van der Waals surface area contributed by atoms with E-state index in [9.17, 15) is 9.18 Å². The van der Waals surface area contributed by atoms with E-state index in [4.69, 9.17) is 10.3 Å². The Kier molecular flexibility index (Phi) is 5.28. The minimum atomic E-state index is -0.673. The third-order valence-electron chi connectivity index (χ3n) is 7.08. The number of carbonyl (C=O) groups is 1. The highest BCUT2D eigenvalue weighted by Crippen LogP contribution is 2.42. The van der Waals surface area contributed by atoms with E-state index in [1.54, 1.807) is 6.07 Å². The molecule has 5 rings (SSSR count). The molecule has 2 bridgehead atoms. The van der Waals surface area contributed by atoms with Gasteiger partial charge in [0.25, 0.3) is 11.7 Å². The van der Waals surface area contributed by atoms with Gasteiger partial charge in [-0.25, -0.2) is 4.39 Å². The molecule has 4 atom stereocenters. The molecule has 2 N–H and O–H groups in total. The monoisotopic (exact) mass is 413 g/mol. The molecule has 160 valence electrons. The lowest BCUT2D eigenvalue weighted by atomic mass is 9.71. The molecule has 0 radical (unpaired) electrons. The molecule has 0 unspecified atom stereocenters. The van der Waals surface area contributed by atoms with Gasteiger partial charge >= 0.3 is 0 Å². The SMILES string of the molecule is NC(=O)c1noc(CN2C[C@H]3C[C@@H](C2)[C@H](Cc2cccc(F)c2)N2CCCC[C@@H]32)n1.